The van der Waals surface area contributed by atoms with Crippen molar-refractivity contribution in [2.24, 2.45) is 7.05 Å². The molecule has 1 aliphatic rings. The average Bonchev–Trinajstić information content (AvgIpc) is 3.07. The number of pyridine rings is 1. The number of nitrogens with zero attached hydrogens (tertiary/aromatic N) is 4. The predicted molar refractivity (Wildman–Crippen MR) is 110 cm³/mol. The van der Waals surface area contributed by atoms with E-state index >= 15 is 0 Å². The molecule has 1 saturated heterocycles. The van der Waals surface area contributed by atoms with Crippen LogP contribution in [-0.2, 0) is 7.05 Å². The molecule has 2 aromatic rings. The van der Waals surface area contributed by atoms with Crippen molar-refractivity contribution >= 4 is 17.3 Å². The summed E-state index contributed by atoms with van der Waals surface area (Å²) in [6.07, 6.45) is 2.93. The molecular weight excluding hydrogens is 342 g/mol. The maximum absolute atomic E-state index is 5.72. The van der Waals surface area contributed by atoms with E-state index in [4.69, 9.17) is 12.2 Å². The molecule has 0 amide bonds. The lowest BCUT2D eigenvalue weighted by atomic mass is 9.96. The minimum absolute atomic E-state index is 0.0727. The van der Waals surface area contributed by atoms with E-state index in [1.165, 1.54) is 17.0 Å². The molecule has 0 unspecified atom stereocenters. The fourth-order valence-corrected chi connectivity index (χ4v) is 4.06. The van der Waals surface area contributed by atoms with Gasteiger partial charge < -0.3 is 19.7 Å². The number of rotatable bonds is 6. The number of thiocarbonyl (C=S) groups is 1. The van der Waals surface area contributed by atoms with Crippen LogP contribution < -0.4 is 5.32 Å². The molecule has 140 valence electrons. The van der Waals surface area contributed by atoms with Crippen LogP contribution in [0.5, 0.6) is 0 Å². The number of hydrogen-bond acceptors (Lipinski definition) is 3. The Morgan fingerprint density at radius 1 is 1.27 bits per heavy atom. The summed E-state index contributed by atoms with van der Waals surface area (Å²) >= 11 is 5.72. The summed E-state index contributed by atoms with van der Waals surface area (Å²) in [5, 5.41) is 4.36. The summed E-state index contributed by atoms with van der Waals surface area (Å²) < 4.78 is 2.25. The summed E-state index contributed by atoms with van der Waals surface area (Å²) in [6.45, 7) is 6.33. The first kappa shape index (κ1) is 18.9. The van der Waals surface area contributed by atoms with E-state index in [0.717, 1.165) is 30.3 Å². The summed E-state index contributed by atoms with van der Waals surface area (Å²) in [5.41, 5.74) is 4.93. The van der Waals surface area contributed by atoms with Crippen molar-refractivity contribution in [1.29, 1.82) is 0 Å². The smallest absolute Gasteiger partial charge is 0.170 e. The van der Waals surface area contributed by atoms with Gasteiger partial charge in [-0.25, -0.2) is 0 Å². The minimum Gasteiger partial charge on any atom is -0.352 e. The first-order chi connectivity index (χ1) is 12.4. The minimum atomic E-state index is 0.0727. The van der Waals surface area contributed by atoms with Gasteiger partial charge >= 0.3 is 0 Å². The normalized spacial score (nSPS) is 20.1. The van der Waals surface area contributed by atoms with Crippen molar-refractivity contribution < 1.29 is 0 Å². The van der Waals surface area contributed by atoms with Gasteiger partial charge in [0.15, 0.2) is 5.11 Å². The van der Waals surface area contributed by atoms with Gasteiger partial charge in [-0.3, -0.25) is 4.98 Å². The van der Waals surface area contributed by atoms with E-state index in [-0.39, 0.29) is 12.1 Å². The van der Waals surface area contributed by atoms with Gasteiger partial charge in [0.25, 0.3) is 0 Å². The lowest BCUT2D eigenvalue weighted by Gasteiger charge is -2.28. The van der Waals surface area contributed by atoms with E-state index < -0.39 is 0 Å². The van der Waals surface area contributed by atoms with Crippen LogP contribution >= 0.6 is 12.2 Å². The number of aryl methyl sites for hydroxylation is 1. The van der Waals surface area contributed by atoms with Crippen LogP contribution in [0, 0.1) is 13.8 Å². The van der Waals surface area contributed by atoms with E-state index in [9.17, 15) is 0 Å². The molecule has 2 aromatic heterocycles. The van der Waals surface area contributed by atoms with Crippen LogP contribution in [0.1, 0.15) is 41.1 Å². The van der Waals surface area contributed by atoms with Gasteiger partial charge in [-0.2, -0.15) is 0 Å². The van der Waals surface area contributed by atoms with Crippen molar-refractivity contribution in [2.75, 3.05) is 27.2 Å². The number of hydrogen-bond donors (Lipinski definition) is 1. The Morgan fingerprint density at radius 2 is 2.04 bits per heavy atom. The zero-order valence-electron chi connectivity index (χ0n) is 16.4. The largest absolute Gasteiger partial charge is 0.352 e. The van der Waals surface area contributed by atoms with Gasteiger partial charge in [0.1, 0.15) is 0 Å². The molecule has 0 aliphatic carbocycles. The molecule has 1 fully saturated rings. The Hall–Kier alpha value is -1.92. The fraction of sp³-hybridized carbons (Fsp3) is 0.500. The second kappa shape index (κ2) is 7.76. The van der Waals surface area contributed by atoms with Gasteiger partial charge in [0, 0.05) is 31.2 Å². The molecule has 2 atom stereocenters. The second-order valence-electron chi connectivity index (χ2n) is 7.36. The van der Waals surface area contributed by atoms with Crippen LogP contribution in [0.2, 0.25) is 0 Å². The molecule has 3 heterocycles. The van der Waals surface area contributed by atoms with Crippen LogP contribution in [0.3, 0.4) is 0 Å². The van der Waals surface area contributed by atoms with Gasteiger partial charge in [-0.15, -0.1) is 0 Å². The Morgan fingerprint density at radius 3 is 2.62 bits per heavy atom. The van der Waals surface area contributed by atoms with Crippen LogP contribution in [0.25, 0.3) is 0 Å². The first-order valence-corrected chi connectivity index (χ1v) is 9.56. The predicted octanol–water partition coefficient (Wildman–Crippen LogP) is 2.96. The van der Waals surface area contributed by atoms with Crippen LogP contribution in [-0.4, -0.2) is 51.6 Å². The van der Waals surface area contributed by atoms with Gasteiger partial charge in [-0.05, 0) is 76.9 Å². The summed E-state index contributed by atoms with van der Waals surface area (Å²) in [7, 11) is 6.35. The molecule has 26 heavy (non-hydrogen) atoms. The van der Waals surface area contributed by atoms with Crippen LogP contribution in [0.15, 0.2) is 30.5 Å². The molecule has 1 N–H and O–H groups in total. The van der Waals surface area contributed by atoms with Crippen molar-refractivity contribution in [3.05, 3.63) is 53.1 Å². The van der Waals surface area contributed by atoms with Crippen molar-refractivity contribution in [1.82, 2.24) is 24.7 Å². The van der Waals surface area contributed by atoms with E-state index in [0.29, 0.717) is 0 Å². The molecular formula is C20H29N5S. The molecule has 0 aromatic carbocycles. The quantitative estimate of drug-likeness (QED) is 0.790. The molecule has 6 heteroatoms. The molecule has 5 nitrogen and oxygen atoms in total. The highest BCUT2D eigenvalue weighted by atomic mass is 32.1. The molecule has 0 radical (unpaired) electrons. The van der Waals surface area contributed by atoms with Gasteiger partial charge in [-0.1, -0.05) is 6.07 Å². The monoisotopic (exact) mass is 371 g/mol. The Kier molecular flexibility index (Phi) is 5.63. The third kappa shape index (κ3) is 3.62. The lowest BCUT2D eigenvalue weighted by Crippen LogP contribution is -2.32. The summed E-state index contributed by atoms with van der Waals surface area (Å²) in [5.74, 6) is 0. The lowest BCUT2D eigenvalue weighted by molar-refractivity contribution is 0.292. The van der Waals surface area contributed by atoms with Gasteiger partial charge in [0.2, 0.25) is 0 Å². The Balaban J connectivity index is 1.97. The average molecular weight is 372 g/mol. The molecule has 0 bridgehead atoms. The summed E-state index contributed by atoms with van der Waals surface area (Å²) in [4.78, 5) is 9.17. The topological polar surface area (TPSA) is 36.3 Å². The summed E-state index contributed by atoms with van der Waals surface area (Å²) in [6, 6.07) is 8.62. The highest BCUT2D eigenvalue weighted by Crippen LogP contribution is 2.40. The van der Waals surface area contributed by atoms with Gasteiger partial charge in [0.05, 0.1) is 17.8 Å². The first-order valence-electron chi connectivity index (χ1n) is 9.15. The number of aromatic nitrogens is 2. The fourth-order valence-electron chi connectivity index (χ4n) is 3.73. The highest BCUT2D eigenvalue weighted by molar-refractivity contribution is 7.80. The third-order valence-corrected chi connectivity index (χ3v) is 5.69. The molecule has 3 rings (SSSR count). The Bertz CT molecular complexity index is 768. The van der Waals surface area contributed by atoms with Crippen LogP contribution in [0.4, 0.5) is 0 Å². The SMILES string of the molecule is Cc1cc([C@@H]2[C@@H](c3ccccn3)NC(=S)N2CCCN(C)C)c(C)n1C. The Labute approximate surface area is 162 Å². The zero-order valence-corrected chi connectivity index (χ0v) is 17.2. The standard InChI is InChI=1S/C20H29N5S/c1-14-13-16(15(2)24(14)5)19-18(17-9-6-7-10-21-17)22-20(26)25(19)12-8-11-23(3)4/h6-7,9-10,13,18-19H,8,11-12H2,1-5H3,(H,22,26)/t18-,19-/m1/s1. The number of nitrogens with one attached hydrogen (secondary N) is 1. The maximum Gasteiger partial charge on any atom is 0.170 e. The molecule has 1 aliphatic heterocycles. The van der Waals surface area contributed by atoms with E-state index in [1.54, 1.807) is 0 Å². The molecule has 0 saturated carbocycles. The maximum atomic E-state index is 5.72. The highest BCUT2D eigenvalue weighted by Gasteiger charge is 2.40. The van der Waals surface area contributed by atoms with Crippen molar-refractivity contribution in [3.8, 4) is 0 Å². The van der Waals surface area contributed by atoms with Crippen molar-refractivity contribution in [3.63, 3.8) is 0 Å². The van der Waals surface area contributed by atoms with Crippen molar-refractivity contribution in [2.45, 2.75) is 32.4 Å². The molecule has 0 spiro atoms. The van der Waals surface area contributed by atoms with E-state index in [1.807, 2.05) is 18.3 Å². The third-order valence-electron chi connectivity index (χ3n) is 5.34. The zero-order chi connectivity index (χ0) is 18.8. The van der Waals surface area contributed by atoms with E-state index in [2.05, 4.69) is 71.8 Å². The second-order valence-corrected chi connectivity index (χ2v) is 7.75.